The van der Waals surface area contributed by atoms with E-state index in [9.17, 15) is 5.11 Å². The number of hydrogen-bond donors (Lipinski definition) is 2. The molecule has 0 amide bonds. The van der Waals surface area contributed by atoms with Crippen LogP contribution in [0.3, 0.4) is 0 Å². The SMILES string of the molecule is COc1cc(C(C)NC2COc3ccccc32)ccc1O. The molecule has 2 atom stereocenters. The van der Waals surface area contributed by atoms with Gasteiger partial charge in [-0.3, -0.25) is 0 Å². The molecule has 0 fully saturated rings. The lowest BCUT2D eigenvalue weighted by molar-refractivity contribution is 0.300. The molecular formula is C17H19NO3. The Balaban J connectivity index is 1.77. The molecule has 4 nitrogen and oxygen atoms in total. The fraction of sp³-hybridized carbons (Fsp3) is 0.294. The van der Waals surface area contributed by atoms with Crippen molar-refractivity contribution in [2.75, 3.05) is 13.7 Å². The predicted molar refractivity (Wildman–Crippen MR) is 80.9 cm³/mol. The summed E-state index contributed by atoms with van der Waals surface area (Å²) < 4.78 is 10.8. The molecule has 1 aliphatic heterocycles. The summed E-state index contributed by atoms with van der Waals surface area (Å²) in [7, 11) is 1.55. The van der Waals surface area contributed by atoms with Gasteiger partial charge in [-0.25, -0.2) is 0 Å². The molecule has 2 aromatic carbocycles. The van der Waals surface area contributed by atoms with Crippen LogP contribution in [0.2, 0.25) is 0 Å². The van der Waals surface area contributed by atoms with Crippen LogP contribution in [0, 0.1) is 0 Å². The molecule has 0 aromatic heterocycles. The summed E-state index contributed by atoms with van der Waals surface area (Å²) in [5, 5.41) is 13.2. The number of benzene rings is 2. The minimum Gasteiger partial charge on any atom is -0.504 e. The number of para-hydroxylation sites is 1. The second-order valence-corrected chi connectivity index (χ2v) is 5.22. The van der Waals surface area contributed by atoms with Crippen LogP contribution in [-0.4, -0.2) is 18.8 Å². The maximum Gasteiger partial charge on any atom is 0.160 e. The molecule has 0 aliphatic carbocycles. The van der Waals surface area contributed by atoms with E-state index in [-0.39, 0.29) is 17.8 Å². The highest BCUT2D eigenvalue weighted by Gasteiger charge is 2.25. The maximum atomic E-state index is 9.67. The van der Waals surface area contributed by atoms with Crippen molar-refractivity contribution in [2.45, 2.75) is 19.0 Å². The Morgan fingerprint density at radius 1 is 1.29 bits per heavy atom. The molecule has 110 valence electrons. The van der Waals surface area contributed by atoms with Crippen molar-refractivity contribution in [1.82, 2.24) is 5.32 Å². The van der Waals surface area contributed by atoms with Crippen molar-refractivity contribution in [3.8, 4) is 17.2 Å². The van der Waals surface area contributed by atoms with Crippen LogP contribution in [-0.2, 0) is 0 Å². The van der Waals surface area contributed by atoms with E-state index in [4.69, 9.17) is 9.47 Å². The normalized spacial score (nSPS) is 17.9. The second-order valence-electron chi connectivity index (χ2n) is 5.22. The highest BCUT2D eigenvalue weighted by Crippen LogP contribution is 2.34. The van der Waals surface area contributed by atoms with E-state index < -0.39 is 0 Å². The lowest BCUT2D eigenvalue weighted by Crippen LogP contribution is -2.25. The summed E-state index contributed by atoms with van der Waals surface area (Å²) in [4.78, 5) is 0. The highest BCUT2D eigenvalue weighted by atomic mass is 16.5. The van der Waals surface area contributed by atoms with Crippen molar-refractivity contribution in [2.24, 2.45) is 0 Å². The minimum absolute atomic E-state index is 0.124. The van der Waals surface area contributed by atoms with Crippen molar-refractivity contribution in [3.05, 3.63) is 53.6 Å². The summed E-state index contributed by atoms with van der Waals surface area (Å²) >= 11 is 0. The van der Waals surface area contributed by atoms with Crippen LogP contribution in [0.5, 0.6) is 17.2 Å². The molecule has 21 heavy (non-hydrogen) atoms. The van der Waals surface area contributed by atoms with E-state index in [0.717, 1.165) is 11.3 Å². The summed E-state index contributed by atoms with van der Waals surface area (Å²) in [6, 6.07) is 13.8. The zero-order chi connectivity index (χ0) is 14.8. The number of phenolic OH excluding ortho intramolecular Hbond substituents is 1. The Morgan fingerprint density at radius 3 is 2.90 bits per heavy atom. The minimum atomic E-state index is 0.124. The van der Waals surface area contributed by atoms with Crippen LogP contribution in [0.1, 0.15) is 30.1 Å². The third-order valence-electron chi connectivity index (χ3n) is 3.85. The van der Waals surface area contributed by atoms with E-state index in [2.05, 4.69) is 18.3 Å². The van der Waals surface area contributed by atoms with Crippen LogP contribution >= 0.6 is 0 Å². The number of fused-ring (bicyclic) bond motifs is 1. The Hall–Kier alpha value is -2.20. The van der Waals surface area contributed by atoms with Gasteiger partial charge >= 0.3 is 0 Å². The van der Waals surface area contributed by atoms with Gasteiger partial charge in [0.1, 0.15) is 12.4 Å². The number of ether oxygens (including phenoxy) is 2. The molecule has 3 rings (SSSR count). The first-order valence-electron chi connectivity index (χ1n) is 7.03. The van der Waals surface area contributed by atoms with E-state index in [1.54, 1.807) is 13.2 Å². The number of aromatic hydroxyl groups is 1. The molecule has 1 heterocycles. The molecule has 0 radical (unpaired) electrons. The molecule has 0 saturated heterocycles. The summed E-state index contributed by atoms with van der Waals surface area (Å²) in [6.07, 6.45) is 0. The van der Waals surface area contributed by atoms with E-state index >= 15 is 0 Å². The Morgan fingerprint density at radius 2 is 2.10 bits per heavy atom. The van der Waals surface area contributed by atoms with Gasteiger partial charge in [-0.1, -0.05) is 24.3 Å². The first-order valence-corrected chi connectivity index (χ1v) is 7.03. The molecular weight excluding hydrogens is 266 g/mol. The molecule has 2 unspecified atom stereocenters. The standard InChI is InChI=1S/C17H19NO3/c1-11(12-7-8-15(19)17(9-12)20-2)18-14-10-21-16-6-4-3-5-13(14)16/h3-9,11,14,18-19H,10H2,1-2H3. The van der Waals surface area contributed by atoms with Crippen molar-refractivity contribution >= 4 is 0 Å². The van der Waals surface area contributed by atoms with Gasteiger partial charge in [-0.05, 0) is 30.7 Å². The van der Waals surface area contributed by atoms with Gasteiger partial charge < -0.3 is 19.9 Å². The summed E-state index contributed by atoms with van der Waals surface area (Å²) in [5.74, 6) is 1.60. The molecule has 0 bridgehead atoms. The number of methoxy groups -OCH3 is 1. The molecule has 1 aliphatic rings. The maximum absolute atomic E-state index is 9.67. The number of phenols is 1. The highest BCUT2D eigenvalue weighted by molar-refractivity contribution is 5.43. The monoisotopic (exact) mass is 285 g/mol. The average Bonchev–Trinajstić information content (AvgIpc) is 2.91. The van der Waals surface area contributed by atoms with E-state index in [0.29, 0.717) is 12.4 Å². The lowest BCUT2D eigenvalue weighted by Gasteiger charge is -2.20. The second kappa shape index (κ2) is 5.66. The van der Waals surface area contributed by atoms with Gasteiger partial charge in [0.2, 0.25) is 0 Å². The number of rotatable bonds is 4. The Labute approximate surface area is 124 Å². The van der Waals surface area contributed by atoms with E-state index in [1.165, 1.54) is 5.56 Å². The number of hydrogen-bond acceptors (Lipinski definition) is 4. The van der Waals surface area contributed by atoms with Crippen molar-refractivity contribution < 1.29 is 14.6 Å². The Bertz CT molecular complexity index is 642. The first kappa shape index (κ1) is 13.8. The van der Waals surface area contributed by atoms with Gasteiger partial charge in [-0.15, -0.1) is 0 Å². The topological polar surface area (TPSA) is 50.7 Å². The van der Waals surface area contributed by atoms with Crippen LogP contribution in [0.4, 0.5) is 0 Å². The van der Waals surface area contributed by atoms with Crippen molar-refractivity contribution in [1.29, 1.82) is 0 Å². The molecule has 0 saturated carbocycles. The molecule has 4 heteroatoms. The fourth-order valence-electron chi connectivity index (χ4n) is 2.66. The molecule has 2 N–H and O–H groups in total. The first-order chi connectivity index (χ1) is 10.2. The van der Waals surface area contributed by atoms with Gasteiger partial charge in [0.15, 0.2) is 11.5 Å². The smallest absolute Gasteiger partial charge is 0.160 e. The van der Waals surface area contributed by atoms with Crippen molar-refractivity contribution in [3.63, 3.8) is 0 Å². The summed E-state index contributed by atoms with van der Waals surface area (Å²) in [6.45, 7) is 2.73. The molecule has 0 spiro atoms. The summed E-state index contributed by atoms with van der Waals surface area (Å²) in [5.41, 5.74) is 2.25. The van der Waals surface area contributed by atoms with Crippen LogP contribution in [0.25, 0.3) is 0 Å². The lowest BCUT2D eigenvalue weighted by atomic mass is 10.0. The average molecular weight is 285 g/mol. The third-order valence-corrected chi connectivity index (χ3v) is 3.85. The predicted octanol–water partition coefficient (Wildman–Crippen LogP) is 3.19. The van der Waals surface area contributed by atoms with Gasteiger partial charge in [0.25, 0.3) is 0 Å². The third kappa shape index (κ3) is 2.67. The van der Waals surface area contributed by atoms with Gasteiger partial charge in [0.05, 0.1) is 13.2 Å². The largest absolute Gasteiger partial charge is 0.504 e. The molecule has 2 aromatic rings. The van der Waals surface area contributed by atoms with Gasteiger partial charge in [0, 0.05) is 11.6 Å². The van der Waals surface area contributed by atoms with Crippen LogP contribution in [0.15, 0.2) is 42.5 Å². The zero-order valence-corrected chi connectivity index (χ0v) is 12.2. The Kier molecular flexibility index (Phi) is 3.71. The quantitative estimate of drug-likeness (QED) is 0.906. The zero-order valence-electron chi connectivity index (χ0n) is 12.2. The van der Waals surface area contributed by atoms with Gasteiger partial charge in [-0.2, -0.15) is 0 Å². The van der Waals surface area contributed by atoms with E-state index in [1.807, 2.05) is 30.3 Å². The fourth-order valence-corrected chi connectivity index (χ4v) is 2.66. The number of nitrogens with one attached hydrogen (secondary N) is 1. The van der Waals surface area contributed by atoms with Crippen LogP contribution < -0.4 is 14.8 Å².